The van der Waals surface area contributed by atoms with Crippen LogP contribution in [0.5, 0.6) is 0 Å². The topological polar surface area (TPSA) is 25.8 Å². The molecule has 4 heteroatoms. The minimum Gasteiger partial charge on any atom is -0.228 e. The highest BCUT2D eigenvalue weighted by molar-refractivity contribution is 7.26. The Bertz CT molecular complexity index is 3860. The molecule has 13 aromatic rings. The molecule has 0 aliphatic rings. The Morgan fingerprint density at radius 2 is 0.727 bits per heavy atom. The van der Waals surface area contributed by atoms with Crippen molar-refractivity contribution in [2.75, 3.05) is 0 Å². The van der Waals surface area contributed by atoms with Crippen LogP contribution in [0, 0.1) is 0 Å². The van der Waals surface area contributed by atoms with Gasteiger partial charge in [0.2, 0.25) is 0 Å². The Morgan fingerprint density at radius 1 is 0.273 bits per heavy atom. The second-order valence-electron chi connectivity index (χ2n) is 16.8. The molecule has 2 nitrogen and oxygen atoms in total. The SMILES string of the molecule is c1ccc(-c2cccc(-c3c(-c4nc(-c5cccc6c5sc5ccccc56)cc(-c5cccc6c5sc5ccccc56)n4)cc(-c4ccccc4)cc3-c3cccc4ccccc34)c2)cc1. The Balaban J connectivity index is 1.17. The van der Waals surface area contributed by atoms with Crippen LogP contribution in [0.15, 0.2) is 231 Å². The van der Waals surface area contributed by atoms with Crippen molar-refractivity contribution in [3.05, 3.63) is 231 Å². The van der Waals surface area contributed by atoms with Crippen LogP contribution in [0.4, 0.5) is 0 Å². The predicted octanol–water partition coefficient (Wildman–Crippen LogP) is 18.0. The van der Waals surface area contributed by atoms with E-state index in [-0.39, 0.29) is 0 Å². The smallest absolute Gasteiger partial charge is 0.161 e. The summed E-state index contributed by atoms with van der Waals surface area (Å²) >= 11 is 3.67. The maximum absolute atomic E-state index is 5.74. The number of thiophene rings is 2. The fourth-order valence-corrected chi connectivity index (χ4v) is 12.3. The Hall–Kier alpha value is -8.02. The molecule has 13 rings (SSSR count). The monoisotopic (exact) mass is 874 g/mol. The molecule has 66 heavy (non-hydrogen) atoms. The third-order valence-corrected chi connectivity index (χ3v) is 15.4. The molecule has 3 aromatic heterocycles. The van der Waals surface area contributed by atoms with E-state index in [1.807, 2.05) is 22.7 Å². The molecule has 0 atom stereocenters. The molecule has 0 aliphatic carbocycles. The summed E-state index contributed by atoms with van der Waals surface area (Å²) in [6, 6.07) is 83.5. The van der Waals surface area contributed by atoms with Gasteiger partial charge in [-0.15, -0.1) is 22.7 Å². The van der Waals surface area contributed by atoms with Crippen molar-refractivity contribution in [3.63, 3.8) is 0 Å². The molecule has 308 valence electrons. The summed E-state index contributed by atoms with van der Waals surface area (Å²) in [5.74, 6) is 0.679. The Labute approximate surface area is 390 Å². The van der Waals surface area contributed by atoms with Crippen LogP contribution in [0.2, 0.25) is 0 Å². The largest absolute Gasteiger partial charge is 0.228 e. The van der Waals surface area contributed by atoms with Crippen LogP contribution in [0.3, 0.4) is 0 Å². The lowest BCUT2D eigenvalue weighted by atomic mass is 9.84. The van der Waals surface area contributed by atoms with Crippen LogP contribution >= 0.6 is 22.7 Å². The van der Waals surface area contributed by atoms with Gasteiger partial charge in [0.15, 0.2) is 5.82 Å². The molecular formula is C62H38N2S2. The van der Waals surface area contributed by atoms with Gasteiger partial charge in [-0.05, 0) is 86.1 Å². The summed E-state index contributed by atoms with van der Waals surface area (Å²) in [6.45, 7) is 0. The number of hydrogen-bond donors (Lipinski definition) is 0. The van der Waals surface area contributed by atoms with E-state index in [0.29, 0.717) is 5.82 Å². The molecule has 0 N–H and O–H groups in total. The first-order valence-corrected chi connectivity index (χ1v) is 23.9. The molecule has 0 saturated heterocycles. The van der Waals surface area contributed by atoms with Gasteiger partial charge in [-0.25, -0.2) is 9.97 Å². The summed E-state index contributed by atoms with van der Waals surface area (Å²) in [7, 11) is 0. The molecule has 3 heterocycles. The van der Waals surface area contributed by atoms with Crippen molar-refractivity contribution in [2.24, 2.45) is 0 Å². The maximum Gasteiger partial charge on any atom is 0.161 e. The second-order valence-corrected chi connectivity index (χ2v) is 18.9. The number of fused-ring (bicyclic) bond motifs is 7. The van der Waals surface area contributed by atoms with Crippen molar-refractivity contribution in [1.82, 2.24) is 9.97 Å². The van der Waals surface area contributed by atoms with Crippen LogP contribution in [-0.2, 0) is 0 Å². The highest BCUT2D eigenvalue weighted by Gasteiger charge is 2.24. The molecule has 0 bridgehead atoms. The molecule has 0 fully saturated rings. The van der Waals surface area contributed by atoms with E-state index < -0.39 is 0 Å². The lowest BCUT2D eigenvalue weighted by molar-refractivity contribution is 1.19. The number of hydrogen-bond acceptors (Lipinski definition) is 4. The number of rotatable bonds is 7. The van der Waals surface area contributed by atoms with Crippen LogP contribution in [-0.4, -0.2) is 9.97 Å². The van der Waals surface area contributed by atoms with Crippen LogP contribution in [0.1, 0.15) is 0 Å². The van der Waals surface area contributed by atoms with Crippen molar-refractivity contribution in [3.8, 4) is 78.4 Å². The summed E-state index contributed by atoms with van der Waals surface area (Å²) in [4.78, 5) is 11.5. The quantitative estimate of drug-likeness (QED) is 0.159. The van der Waals surface area contributed by atoms with Crippen molar-refractivity contribution in [2.45, 2.75) is 0 Å². The zero-order valence-corrected chi connectivity index (χ0v) is 37.3. The van der Waals surface area contributed by atoms with E-state index >= 15 is 0 Å². The third kappa shape index (κ3) is 6.53. The maximum atomic E-state index is 5.74. The number of aromatic nitrogens is 2. The first-order valence-electron chi connectivity index (χ1n) is 22.3. The van der Waals surface area contributed by atoms with Gasteiger partial charge in [-0.1, -0.05) is 194 Å². The van der Waals surface area contributed by atoms with Crippen molar-refractivity contribution in [1.29, 1.82) is 0 Å². The van der Waals surface area contributed by atoms with Gasteiger partial charge in [0.05, 0.1) is 11.4 Å². The number of benzene rings is 10. The lowest BCUT2D eigenvalue weighted by Crippen LogP contribution is -2.00. The highest BCUT2D eigenvalue weighted by atomic mass is 32.1. The zero-order chi connectivity index (χ0) is 43.6. The van der Waals surface area contributed by atoms with Gasteiger partial charge < -0.3 is 0 Å². The van der Waals surface area contributed by atoms with Gasteiger partial charge >= 0.3 is 0 Å². The van der Waals surface area contributed by atoms with Gasteiger partial charge in [0.1, 0.15) is 0 Å². The van der Waals surface area contributed by atoms with E-state index in [0.717, 1.165) is 67.0 Å². The van der Waals surface area contributed by atoms with Crippen molar-refractivity contribution < 1.29 is 0 Å². The first kappa shape index (κ1) is 38.4. The third-order valence-electron chi connectivity index (χ3n) is 12.9. The molecule has 0 radical (unpaired) electrons. The minimum atomic E-state index is 0.679. The van der Waals surface area contributed by atoms with E-state index in [2.05, 4.69) is 231 Å². The first-order chi connectivity index (χ1) is 32.7. The Morgan fingerprint density at radius 3 is 1.38 bits per heavy atom. The minimum absolute atomic E-state index is 0.679. The summed E-state index contributed by atoms with van der Waals surface area (Å²) < 4.78 is 4.97. The van der Waals surface area contributed by atoms with Gasteiger partial charge in [-0.3, -0.25) is 0 Å². The molecule has 10 aromatic carbocycles. The standard InChI is InChI=1S/C62H38N2S2/c1-3-17-39(18-4-1)42-23-13-24-43(35-42)59-53(46-28-14-22-41-21-7-8-25-45(41)46)36-44(40-19-5-2-6-20-40)37-54(59)62-63-55(51-31-15-29-49-47-26-9-11-33-57(47)65-60(49)51)38-56(64-62)52-32-16-30-50-48-27-10-12-34-58(48)66-61(50)52/h1-38H. The molecular weight excluding hydrogens is 837 g/mol. The zero-order valence-electron chi connectivity index (χ0n) is 35.7. The fourth-order valence-electron chi connectivity index (χ4n) is 9.83. The van der Waals surface area contributed by atoms with Crippen LogP contribution in [0.25, 0.3) is 130 Å². The average Bonchev–Trinajstić information content (AvgIpc) is 3.97. The van der Waals surface area contributed by atoms with Crippen LogP contribution < -0.4 is 0 Å². The summed E-state index contributed by atoms with van der Waals surface area (Å²) in [6.07, 6.45) is 0. The molecule has 0 amide bonds. The van der Waals surface area contributed by atoms with Gasteiger partial charge in [-0.2, -0.15) is 0 Å². The van der Waals surface area contributed by atoms with E-state index in [1.165, 1.54) is 56.7 Å². The van der Waals surface area contributed by atoms with E-state index in [4.69, 9.17) is 9.97 Å². The fraction of sp³-hybridized carbons (Fsp3) is 0. The normalized spacial score (nSPS) is 11.6. The predicted molar refractivity (Wildman–Crippen MR) is 283 cm³/mol. The number of nitrogens with zero attached hydrogens (tertiary/aromatic N) is 2. The average molecular weight is 875 g/mol. The summed E-state index contributed by atoms with van der Waals surface area (Å²) in [5.41, 5.74) is 14.0. The molecule has 0 saturated carbocycles. The van der Waals surface area contributed by atoms with E-state index in [9.17, 15) is 0 Å². The molecule has 0 aliphatic heterocycles. The van der Waals surface area contributed by atoms with Gasteiger partial charge in [0, 0.05) is 62.6 Å². The van der Waals surface area contributed by atoms with Crippen molar-refractivity contribution >= 4 is 73.8 Å². The summed E-state index contributed by atoms with van der Waals surface area (Å²) in [5, 5.41) is 7.40. The Kier molecular flexibility index (Phi) is 9.26. The lowest BCUT2D eigenvalue weighted by Gasteiger charge is -2.20. The van der Waals surface area contributed by atoms with E-state index in [1.54, 1.807) is 0 Å². The second kappa shape index (κ2) is 15.9. The van der Waals surface area contributed by atoms with Gasteiger partial charge in [0.25, 0.3) is 0 Å². The molecule has 0 spiro atoms. The molecule has 0 unspecified atom stereocenters. The highest BCUT2D eigenvalue weighted by Crippen LogP contribution is 2.48.